The first-order valence-electron chi connectivity index (χ1n) is 9.52. The van der Waals surface area contributed by atoms with Crippen LogP contribution >= 0.6 is 0 Å². The minimum Gasteiger partial charge on any atom is -0.313 e. The molecule has 2 fully saturated rings. The first-order valence-corrected chi connectivity index (χ1v) is 9.52. The van der Waals surface area contributed by atoms with E-state index >= 15 is 0 Å². The molecular weight excluding hydrogens is 256 g/mol. The Morgan fingerprint density at radius 1 is 1.00 bits per heavy atom. The van der Waals surface area contributed by atoms with Crippen LogP contribution in [0.1, 0.15) is 72.6 Å². The summed E-state index contributed by atoms with van der Waals surface area (Å²) >= 11 is 0. The summed E-state index contributed by atoms with van der Waals surface area (Å²) in [6, 6.07) is 1.61. The number of rotatable bonds is 7. The van der Waals surface area contributed by atoms with Crippen molar-refractivity contribution in [3.8, 4) is 0 Å². The molecule has 0 radical (unpaired) electrons. The third-order valence-electron chi connectivity index (χ3n) is 5.29. The van der Waals surface area contributed by atoms with Gasteiger partial charge in [0.1, 0.15) is 0 Å². The molecule has 0 amide bonds. The van der Waals surface area contributed by atoms with Gasteiger partial charge in [-0.2, -0.15) is 0 Å². The maximum atomic E-state index is 3.70. The number of nitrogens with one attached hydrogen (secondary N) is 1. The first kappa shape index (κ1) is 17.3. The van der Waals surface area contributed by atoms with Crippen molar-refractivity contribution in [2.75, 3.05) is 19.6 Å². The number of hydrogen-bond donors (Lipinski definition) is 1. The molecule has 3 atom stereocenters. The van der Waals surface area contributed by atoms with E-state index in [1.165, 1.54) is 64.6 Å². The van der Waals surface area contributed by atoms with Crippen molar-refractivity contribution in [1.29, 1.82) is 0 Å². The van der Waals surface area contributed by atoms with Crippen LogP contribution in [0.5, 0.6) is 0 Å². The predicted molar refractivity (Wildman–Crippen MR) is 92.6 cm³/mol. The molecule has 2 aliphatic rings. The Morgan fingerprint density at radius 3 is 2.43 bits per heavy atom. The van der Waals surface area contributed by atoms with Gasteiger partial charge < -0.3 is 5.32 Å². The van der Waals surface area contributed by atoms with E-state index < -0.39 is 0 Å². The second-order valence-electron chi connectivity index (χ2n) is 8.46. The molecule has 0 aromatic heterocycles. The van der Waals surface area contributed by atoms with Gasteiger partial charge in [0.15, 0.2) is 0 Å². The van der Waals surface area contributed by atoms with E-state index in [0.29, 0.717) is 0 Å². The summed E-state index contributed by atoms with van der Waals surface area (Å²) in [5.41, 5.74) is 0. The Hall–Kier alpha value is -0.0800. The molecule has 0 aromatic rings. The minimum atomic E-state index is 0.759. The molecule has 2 heteroatoms. The second-order valence-corrected chi connectivity index (χ2v) is 8.46. The summed E-state index contributed by atoms with van der Waals surface area (Å²) in [5, 5.41) is 3.70. The summed E-state index contributed by atoms with van der Waals surface area (Å²) in [4.78, 5) is 2.85. The molecule has 0 aromatic carbocycles. The van der Waals surface area contributed by atoms with Crippen LogP contribution in [0.25, 0.3) is 0 Å². The molecule has 0 spiro atoms. The zero-order chi connectivity index (χ0) is 15.2. The Morgan fingerprint density at radius 2 is 1.81 bits per heavy atom. The summed E-state index contributed by atoms with van der Waals surface area (Å²) in [6.07, 6.45) is 10.0. The van der Waals surface area contributed by atoms with Gasteiger partial charge in [0.2, 0.25) is 0 Å². The van der Waals surface area contributed by atoms with E-state index in [9.17, 15) is 0 Å². The van der Waals surface area contributed by atoms with Crippen LogP contribution in [0, 0.1) is 17.8 Å². The maximum absolute atomic E-state index is 3.70. The van der Waals surface area contributed by atoms with Crippen LogP contribution in [0.3, 0.4) is 0 Å². The quantitative estimate of drug-likeness (QED) is 0.753. The van der Waals surface area contributed by atoms with Crippen LogP contribution in [0.2, 0.25) is 0 Å². The highest BCUT2D eigenvalue weighted by atomic mass is 15.2. The lowest BCUT2D eigenvalue weighted by Crippen LogP contribution is -2.46. The Labute approximate surface area is 133 Å². The highest BCUT2D eigenvalue weighted by molar-refractivity contribution is 4.85. The van der Waals surface area contributed by atoms with E-state index in [4.69, 9.17) is 0 Å². The van der Waals surface area contributed by atoms with Crippen molar-refractivity contribution in [2.24, 2.45) is 17.8 Å². The summed E-state index contributed by atoms with van der Waals surface area (Å²) in [6.45, 7) is 13.3. The smallest absolute Gasteiger partial charge is 0.0195 e. The highest BCUT2D eigenvalue weighted by Gasteiger charge is 2.29. The first-order chi connectivity index (χ1) is 10.0. The monoisotopic (exact) mass is 294 g/mol. The van der Waals surface area contributed by atoms with Crippen LogP contribution in [0.15, 0.2) is 0 Å². The lowest BCUT2D eigenvalue weighted by Gasteiger charge is -2.40. The average Bonchev–Trinajstić information content (AvgIpc) is 2.90. The molecule has 0 bridgehead atoms. The molecule has 1 saturated heterocycles. The normalized spacial score (nSPS) is 30.7. The van der Waals surface area contributed by atoms with Crippen LogP contribution in [-0.4, -0.2) is 36.6 Å². The van der Waals surface area contributed by atoms with E-state index in [1.807, 2.05) is 0 Å². The zero-order valence-electron chi connectivity index (χ0n) is 14.9. The SMILES string of the molecule is CC(C)CC1CCCC(N(CC(C)C)CC2CCCN2)C1. The number of nitrogens with zero attached hydrogens (tertiary/aromatic N) is 1. The van der Waals surface area contributed by atoms with Crippen LogP contribution < -0.4 is 5.32 Å². The van der Waals surface area contributed by atoms with Gasteiger partial charge in [0.05, 0.1) is 0 Å². The lowest BCUT2D eigenvalue weighted by atomic mass is 9.80. The minimum absolute atomic E-state index is 0.759. The molecule has 1 aliphatic heterocycles. The van der Waals surface area contributed by atoms with E-state index in [2.05, 4.69) is 37.9 Å². The van der Waals surface area contributed by atoms with Crippen molar-refractivity contribution >= 4 is 0 Å². The standard InChI is InChI=1S/C19H38N2/c1-15(2)11-17-7-5-9-19(12-17)21(13-16(3)4)14-18-8-6-10-20-18/h15-20H,5-14H2,1-4H3. The fraction of sp³-hybridized carbons (Fsp3) is 1.00. The van der Waals surface area contributed by atoms with E-state index in [-0.39, 0.29) is 0 Å². The molecule has 21 heavy (non-hydrogen) atoms. The van der Waals surface area contributed by atoms with Crippen molar-refractivity contribution in [3.63, 3.8) is 0 Å². The summed E-state index contributed by atoms with van der Waals surface area (Å²) < 4.78 is 0. The third-order valence-corrected chi connectivity index (χ3v) is 5.29. The van der Waals surface area contributed by atoms with Gasteiger partial charge in [0.25, 0.3) is 0 Å². The molecule has 1 N–H and O–H groups in total. The average molecular weight is 295 g/mol. The van der Waals surface area contributed by atoms with Crippen molar-refractivity contribution in [1.82, 2.24) is 10.2 Å². The predicted octanol–water partition coefficient (Wildman–Crippen LogP) is 4.30. The van der Waals surface area contributed by atoms with Crippen LogP contribution in [-0.2, 0) is 0 Å². The second kappa shape index (κ2) is 8.53. The lowest BCUT2D eigenvalue weighted by molar-refractivity contribution is 0.102. The molecule has 2 nitrogen and oxygen atoms in total. The van der Waals surface area contributed by atoms with Gasteiger partial charge in [-0.15, -0.1) is 0 Å². The topological polar surface area (TPSA) is 15.3 Å². The molecule has 2 rings (SSSR count). The molecule has 1 aliphatic carbocycles. The third kappa shape index (κ3) is 5.90. The van der Waals surface area contributed by atoms with Gasteiger partial charge >= 0.3 is 0 Å². The van der Waals surface area contributed by atoms with E-state index in [0.717, 1.165) is 29.8 Å². The zero-order valence-corrected chi connectivity index (χ0v) is 14.9. The number of hydrogen-bond acceptors (Lipinski definition) is 2. The van der Waals surface area contributed by atoms with Crippen molar-refractivity contribution in [3.05, 3.63) is 0 Å². The van der Waals surface area contributed by atoms with Crippen molar-refractivity contribution in [2.45, 2.75) is 84.7 Å². The van der Waals surface area contributed by atoms with Gasteiger partial charge in [-0.3, -0.25) is 4.90 Å². The molecule has 3 unspecified atom stereocenters. The van der Waals surface area contributed by atoms with E-state index in [1.54, 1.807) is 0 Å². The fourth-order valence-corrected chi connectivity index (χ4v) is 4.51. The van der Waals surface area contributed by atoms with Gasteiger partial charge in [-0.1, -0.05) is 40.5 Å². The van der Waals surface area contributed by atoms with Gasteiger partial charge in [-0.25, -0.2) is 0 Å². The van der Waals surface area contributed by atoms with Gasteiger partial charge in [0, 0.05) is 25.2 Å². The Kier molecular flexibility index (Phi) is 7.01. The summed E-state index contributed by atoms with van der Waals surface area (Å²) in [5.74, 6) is 2.63. The van der Waals surface area contributed by atoms with Gasteiger partial charge in [-0.05, 0) is 56.4 Å². The molecule has 1 saturated carbocycles. The van der Waals surface area contributed by atoms with Crippen molar-refractivity contribution < 1.29 is 0 Å². The molecular formula is C19H38N2. The Bertz CT molecular complexity index is 281. The fourth-order valence-electron chi connectivity index (χ4n) is 4.51. The molecule has 124 valence electrons. The summed E-state index contributed by atoms with van der Waals surface area (Å²) in [7, 11) is 0. The molecule has 1 heterocycles. The largest absolute Gasteiger partial charge is 0.313 e. The maximum Gasteiger partial charge on any atom is 0.0195 e. The Balaban J connectivity index is 1.90. The highest BCUT2D eigenvalue weighted by Crippen LogP contribution is 2.32. The van der Waals surface area contributed by atoms with Crippen LogP contribution in [0.4, 0.5) is 0 Å².